The Morgan fingerprint density at radius 2 is 1.65 bits per heavy atom. The molecule has 0 unspecified atom stereocenters. The second kappa shape index (κ2) is 6.19. The first-order valence-electron chi connectivity index (χ1n) is 6.70. The summed E-state index contributed by atoms with van der Waals surface area (Å²) >= 11 is 6.11. The van der Waals surface area contributed by atoms with Crippen LogP contribution in [0.4, 0.5) is 5.69 Å². The monoisotopic (exact) mass is 289 g/mol. The normalized spacial score (nSPS) is 11.2. The van der Waals surface area contributed by atoms with E-state index in [1.165, 1.54) is 5.56 Å². The highest BCUT2D eigenvalue weighted by molar-refractivity contribution is 6.33. The van der Waals surface area contributed by atoms with Gasteiger partial charge in [-0.05, 0) is 50.6 Å². The second-order valence-corrected chi connectivity index (χ2v) is 6.10. The molecule has 3 heteroatoms. The van der Waals surface area contributed by atoms with Crippen molar-refractivity contribution in [2.75, 3.05) is 5.32 Å². The molecule has 0 aromatic heterocycles. The molecular formula is C17H20ClNO. The minimum atomic E-state index is -0.169. The summed E-state index contributed by atoms with van der Waals surface area (Å²) < 4.78 is 5.80. The molecule has 0 bridgehead atoms. The predicted octanol–water partition coefficient (Wildman–Crippen LogP) is 5.13. The Kier molecular flexibility index (Phi) is 4.56. The van der Waals surface area contributed by atoms with Gasteiger partial charge in [0.05, 0.1) is 10.7 Å². The molecule has 0 saturated carbocycles. The van der Waals surface area contributed by atoms with Crippen molar-refractivity contribution < 1.29 is 4.74 Å². The third-order valence-corrected chi connectivity index (χ3v) is 3.03. The summed E-state index contributed by atoms with van der Waals surface area (Å²) in [6.45, 7) is 6.86. The zero-order valence-electron chi connectivity index (χ0n) is 12.1. The average molecular weight is 290 g/mol. The number of anilines is 1. The van der Waals surface area contributed by atoms with Crippen LogP contribution < -0.4 is 10.1 Å². The molecular weight excluding hydrogens is 270 g/mol. The molecule has 0 saturated heterocycles. The molecule has 0 aliphatic carbocycles. The zero-order valence-corrected chi connectivity index (χ0v) is 12.9. The van der Waals surface area contributed by atoms with Gasteiger partial charge in [-0.3, -0.25) is 0 Å². The lowest BCUT2D eigenvalue weighted by Gasteiger charge is -2.21. The first-order valence-corrected chi connectivity index (χ1v) is 7.08. The summed E-state index contributed by atoms with van der Waals surface area (Å²) in [6.07, 6.45) is 0. The zero-order chi connectivity index (χ0) is 14.6. The Hall–Kier alpha value is -1.67. The van der Waals surface area contributed by atoms with Gasteiger partial charge in [-0.1, -0.05) is 35.9 Å². The maximum absolute atomic E-state index is 6.11. The number of benzene rings is 2. The topological polar surface area (TPSA) is 21.3 Å². The van der Waals surface area contributed by atoms with Gasteiger partial charge in [-0.15, -0.1) is 0 Å². The molecule has 2 nitrogen and oxygen atoms in total. The van der Waals surface area contributed by atoms with Crippen molar-refractivity contribution in [2.24, 2.45) is 0 Å². The lowest BCUT2D eigenvalue weighted by molar-refractivity contribution is 0.131. The Morgan fingerprint density at radius 3 is 2.25 bits per heavy atom. The van der Waals surface area contributed by atoms with Crippen LogP contribution in [-0.2, 0) is 6.54 Å². The van der Waals surface area contributed by atoms with Crippen LogP contribution in [0, 0.1) is 0 Å². The standard InChI is InChI=1S/C17H20ClNO/c1-17(2,3)20-14-10-8-13(9-11-14)12-19-16-7-5-4-6-15(16)18/h4-11,19H,12H2,1-3H3. The summed E-state index contributed by atoms with van der Waals surface area (Å²) in [5.41, 5.74) is 1.97. The third-order valence-electron chi connectivity index (χ3n) is 2.70. The van der Waals surface area contributed by atoms with Crippen LogP contribution in [0.2, 0.25) is 5.02 Å². The molecule has 0 fully saturated rings. The van der Waals surface area contributed by atoms with E-state index in [-0.39, 0.29) is 5.60 Å². The molecule has 20 heavy (non-hydrogen) atoms. The van der Waals surface area contributed by atoms with Crippen LogP contribution in [0.25, 0.3) is 0 Å². The molecule has 0 radical (unpaired) electrons. The van der Waals surface area contributed by atoms with Crippen LogP contribution in [-0.4, -0.2) is 5.60 Å². The van der Waals surface area contributed by atoms with E-state index in [1.807, 2.05) is 57.2 Å². The number of ether oxygens (including phenoxy) is 1. The Morgan fingerprint density at radius 1 is 1.00 bits per heavy atom. The molecule has 0 spiro atoms. The Balaban J connectivity index is 1.96. The summed E-state index contributed by atoms with van der Waals surface area (Å²) in [6, 6.07) is 15.9. The van der Waals surface area contributed by atoms with Gasteiger partial charge < -0.3 is 10.1 Å². The first-order chi connectivity index (χ1) is 9.44. The summed E-state index contributed by atoms with van der Waals surface area (Å²) in [5.74, 6) is 0.888. The number of para-hydroxylation sites is 1. The van der Waals surface area contributed by atoms with Crippen molar-refractivity contribution in [3.63, 3.8) is 0 Å². The van der Waals surface area contributed by atoms with Crippen LogP contribution in [0.15, 0.2) is 48.5 Å². The van der Waals surface area contributed by atoms with E-state index in [4.69, 9.17) is 16.3 Å². The molecule has 0 amide bonds. The van der Waals surface area contributed by atoms with Gasteiger partial charge in [0.25, 0.3) is 0 Å². The van der Waals surface area contributed by atoms with Crippen LogP contribution in [0.5, 0.6) is 5.75 Å². The van der Waals surface area contributed by atoms with E-state index < -0.39 is 0 Å². The number of rotatable bonds is 4. The predicted molar refractivity (Wildman–Crippen MR) is 85.6 cm³/mol. The molecule has 0 aliphatic heterocycles. The number of halogens is 1. The Bertz CT molecular complexity index is 558. The number of hydrogen-bond acceptors (Lipinski definition) is 2. The maximum Gasteiger partial charge on any atom is 0.120 e. The van der Waals surface area contributed by atoms with Gasteiger partial charge in [-0.25, -0.2) is 0 Å². The maximum atomic E-state index is 6.11. The smallest absolute Gasteiger partial charge is 0.120 e. The highest BCUT2D eigenvalue weighted by Gasteiger charge is 2.11. The Labute approximate surface area is 125 Å². The van der Waals surface area contributed by atoms with E-state index in [2.05, 4.69) is 17.4 Å². The molecule has 0 heterocycles. The minimum Gasteiger partial charge on any atom is -0.488 e. The number of nitrogens with one attached hydrogen (secondary N) is 1. The van der Waals surface area contributed by atoms with Crippen molar-refractivity contribution in [2.45, 2.75) is 32.9 Å². The summed E-state index contributed by atoms with van der Waals surface area (Å²) in [5, 5.41) is 4.06. The van der Waals surface area contributed by atoms with Crippen LogP contribution in [0.1, 0.15) is 26.3 Å². The highest BCUT2D eigenvalue weighted by atomic mass is 35.5. The van der Waals surface area contributed by atoms with Gasteiger partial charge in [0, 0.05) is 6.54 Å². The number of hydrogen-bond donors (Lipinski definition) is 1. The van der Waals surface area contributed by atoms with Gasteiger partial charge in [0.1, 0.15) is 11.4 Å². The van der Waals surface area contributed by atoms with Crippen molar-refractivity contribution in [1.29, 1.82) is 0 Å². The van der Waals surface area contributed by atoms with Crippen molar-refractivity contribution in [3.8, 4) is 5.75 Å². The average Bonchev–Trinajstić information content (AvgIpc) is 2.38. The fourth-order valence-corrected chi connectivity index (χ4v) is 2.03. The lowest BCUT2D eigenvalue weighted by Crippen LogP contribution is -2.22. The summed E-state index contributed by atoms with van der Waals surface area (Å²) in [4.78, 5) is 0. The van der Waals surface area contributed by atoms with E-state index >= 15 is 0 Å². The van der Waals surface area contributed by atoms with Crippen LogP contribution >= 0.6 is 11.6 Å². The molecule has 0 aliphatic rings. The second-order valence-electron chi connectivity index (χ2n) is 5.69. The van der Waals surface area contributed by atoms with Crippen molar-refractivity contribution in [3.05, 3.63) is 59.1 Å². The van der Waals surface area contributed by atoms with Gasteiger partial charge in [0.15, 0.2) is 0 Å². The molecule has 0 atom stereocenters. The quantitative estimate of drug-likeness (QED) is 0.842. The molecule has 106 valence electrons. The first kappa shape index (κ1) is 14.7. The van der Waals surface area contributed by atoms with Crippen molar-refractivity contribution in [1.82, 2.24) is 0 Å². The molecule has 2 rings (SSSR count). The largest absolute Gasteiger partial charge is 0.488 e. The van der Waals surface area contributed by atoms with Crippen LogP contribution in [0.3, 0.4) is 0 Å². The molecule has 1 N–H and O–H groups in total. The highest BCUT2D eigenvalue weighted by Crippen LogP contribution is 2.22. The molecule has 2 aromatic rings. The van der Waals surface area contributed by atoms with E-state index in [0.717, 1.165) is 23.0 Å². The van der Waals surface area contributed by atoms with E-state index in [9.17, 15) is 0 Å². The van der Waals surface area contributed by atoms with E-state index in [1.54, 1.807) is 0 Å². The van der Waals surface area contributed by atoms with Crippen molar-refractivity contribution >= 4 is 17.3 Å². The van der Waals surface area contributed by atoms with Gasteiger partial charge in [0.2, 0.25) is 0 Å². The fraction of sp³-hybridized carbons (Fsp3) is 0.294. The SMILES string of the molecule is CC(C)(C)Oc1ccc(CNc2ccccc2Cl)cc1. The summed E-state index contributed by atoms with van der Waals surface area (Å²) in [7, 11) is 0. The molecule has 2 aromatic carbocycles. The van der Waals surface area contributed by atoms with Gasteiger partial charge in [-0.2, -0.15) is 0 Å². The van der Waals surface area contributed by atoms with E-state index in [0.29, 0.717) is 0 Å². The minimum absolute atomic E-state index is 0.169. The van der Waals surface area contributed by atoms with Gasteiger partial charge >= 0.3 is 0 Å². The third kappa shape index (κ3) is 4.46. The fourth-order valence-electron chi connectivity index (χ4n) is 1.83. The lowest BCUT2D eigenvalue weighted by atomic mass is 10.1.